The van der Waals surface area contributed by atoms with Crippen molar-refractivity contribution in [2.24, 2.45) is 0 Å². The molecular weight excluding hydrogens is 474 g/mol. The third-order valence-electron chi connectivity index (χ3n) is 7.34. The maximum atomic E-state index is 13.3. The lowest BCUT2D eigenvalue weighted by Crippen LogP contribution is -2.51. The minimum atomic E-state index is -3.72. The van der Waals surface area contributed by atoms with Crippen molar-refractivity contribution in [3.05, 3.63) is 66.5 Å². The molecular formula is C27H33N5O3S. The quantitative estimate of drug-likeness (QED) is 0.503. The first-order valence-corrected chi connectivity index (χ1v) is 13.9. The second kappa shape index (κ2) is 10.2. The van der Waals surface area contributed by atoms with Gasteiger partial charge < -0.3 is 15.3 Å². The Labute approximate surface area is 213 Å². The molecule has 1 aromatic carbocycles. The number of hydrogen-bond acceptors (Lipinski definition) is 7. The summed E-state index contributed by atoms with van der Waals surface area (Å²) in [6, 6.07) is 15.1. The number of hydrogen-bond donors (Lipinski definition) is 2. The van der Waals surface area contributed by atoms with E-state index in [2.05, 4.69) is 33.3 Å². The van der Waals surface area contributed by atoms with Crippen molar-refractivity contribution >= 4 is 21.7 Å². The maximum absolute atomic E-state index is 13.3. The molecule has 0 bridgehead atoms. The van der Waals surface area contributed by atoms with Gasteiger partial charge in [-0.25, -0.2) is 18.4 Å². The molecule has 9 heteroatoms. The van der Waals surface area contributed by atoms with Crippen molar-refractivity contribution in [2.75, 3.05) is 30.4 Å². The normalized spacial score (nSPS) is 21.1. The van der Waals surface area contributed by atoms with Crippen LogP contribution in [0.2, 0.25) is 0 Å². The maximum Gasteiger partial charge on any atom is 0.243 e. The van der Waals surface area contributed by atoms with Crippen LogP contribution in [-0.2, 0) is 10.0 Å². The predicted octanol–water partition coefficient (Wildman–Crippen LogP) is 3.68. The van der Waals surface area contributed by atoms with Gasteiger partial charge in [-0.15, -0.1) is 0 Å². The lowest BCUT2D eigenvalue weighted by Gasteiger charge is -2.35. The van der Waals surface area contributed by atoms with E-state index in [-0.39, 0.29) is 17.5 Å². The summed E-state index contributed by atoms with van der Waals surface area (Å²) in [6.45, 7) is 2.32. The Morgan fingerprint density at radius 1 is 1.03 bits per heavy atom. The van der Waals surface area contributed by atoms with Crippen LogP contribution in [-0.4, -0.2) is 66.1 Å². The zero-order valence-corrected chi connectivity index (χ0v) is 21.5. The summed E-state index contributed by atoms with van der Waals surface area (Å²) in [7, 11) is -1.64. The number of nitrogens with one attached hydrogen (secondary N) is 1. The monoisotopic (exact) mass is 507 g/mol. The second-order valence-corrected chi connectivity index (χ2v) is 11.8. The number of anilines is 2. The number of sulfonamides is 1. The van der Waals surface area contributed by atoms with E-state index in [1.165, 1.54) is 23.6 Å². The SMILES string of the molecule is Cc1ccc(N[C@@H]2CCN(S(=O)(=O)c3ccc(-c4ccnc(N(C)C5CCC5)c4)cc3)C[C@@H]2O)nc1. The van der Waals surface area contributed by atoms with Crippen molar-refractivity contribution in [1.82, 2.24) is 14.3 Å². The van der Waals surface area contributed by atoms with Crippen molar-refractivity contribution in [1.29, 1.82) is 0 Å². The van der Waals surface area contributed by atoms with Crippen LogP contribution in [0.3, 0.4) is 0 Å². The molecule has 2 fully saturated rings. The summed E-state index contributed by atoms with van der Waals surface area (Å²) >= 11 is 0. The van der Waals surface area contributed by atoms with Crippen molar-refractivity contribution < 1.29 is 13.5 Å². The van der Waals surface area contributed by atoms with Crippen LogP contribution in [0.15, 0.2) is 65.8 Å². The van der Waals surface area contributed by atoms with Crippen LogP contribution in [0.5, 0.6) is 0 Å². The topological polar surface area (TPSA) is 98.7 Å². The lowest BCUT2D eigenvalue weighted by molar-refractivity contribution is 0.0949. The Morgan fingerprint density at radius 2 is 1.81 bits per heavy atom. The number of nitrogens with zero attached hydrogens (tertiary/aromatic N) is 4. The van der Waals surface area contributed by atoms with E-state index < -0.39 is 16.1 Å². The van der Waals surface area contributed by atoms with E-state index in [0.29, 0.717) is 24.8 Å². The molecule has 2 N–H and O–H groups in total. The zero-order chi connectivity index (χ0) is 25.3. The molecule has 36 heavy (non-hydrogen) atoms. The van der Waals surface area contributed by atoms with Crippen LogP contribution in [0.4, 0.5) is 11.6 Å². The highest BCUT2D eigenvalue weighted by Crippen LogP contribution is 2.30. The van der Waals surface area contributed by atoms with Gasteiger partial charge in [0.15, 0.2) is 0 Å². The summed E-state index contributed by atoms with van der Waals surface area (Å²) in [6.07, 6.45) is 6.87. The fraction of sp³-hybridized carbons (Fsp3) is 0.407. The molecule has 2 aliphatic rings. The van der Waals surface area contributed by atoms with E-state index in [0.717, 1.165) is 22.5 Å². The summed E-state index contributed by atoms with van der Waals surface area (Å²) in [5.41, 5.74) is 2.99. The summed E-state index contributed by atoms with van der Waals surface area (Å²) in [4.78, 5) is 11.3. The van der Waals surface area contributed by atoms with E-state index >= 15 is 0 Å². The van der Waals surface area contributed by atoms with Gasteiger partial charge in [0.05, 0.1) is 17.0 Å². The minimum absolute atomic E-state index is 0.0365. The zero-order valence-electron chi connectivity index (χ0n) is 20.7. The fourth-order valence-electron chi connectivity index (χ4n) is 4.75. The molecule has 2 aromatic heterocycles. The molecule has 3 aromatic rings. The summed E-state index contributed by atoms with van der Waals surface area (Å²) in [5, 5.41) is 13.9. The van der Waals surface area contributed by atoms with E-state index in [4.69, 9.17) is 0 Å². The highest BCUT2D eigenvalue weighted by atomic mass is 32.2. The fourth-order valence-corrected chi connectivity index (χ4v) is 6.23. The number of piperidine rings is 1. The highest BCUT2D eigenvalue weighted by molar-refractivity contribution is 7.89. The van der Waals surface area contributed by atoms with Gasteiger partial charge in [-0.1, -0.05) is 18.2 Å². The largest absolute Gasteiger partial charge is 0.390 e. The van der Waals surface area contributed by atoms with Crippen molar-refractivity contribution in [3.8, 4) is 11.1 Å². The molecule has 1 aliphatic heterocycles. The predicted molar refractivity (Wildman–Crippen MR) is 141 cm³/mol. The van der Waals surface area contributed by atoms with Crippen LogP contribution < -0.4 is 10.2 Å². The Hall–Kier alpha value is -3.01. The molecule has 0 spiro atoms. The molecule has 0 radical (unpaired) electrons. The summed E-state index contributed by atoms with van der Waals surface area (Å²) in [5.74, 6) is 1.61. The van der Waals surface area contributed by atoms with Gasteiger partial charge in [0, 0.05) is 38.6 Å². The molecule has 190 valence electrons. The number of rotatable bonds is 7. The second-order valence-electron chi connectivity index (χ2n) is 9.81. The molecule has 5 rings (SSSR count). The molecule has 1 saturated heterocycles. The molecule has 0 amide bonds. The number of pyridine rings is 2. The van der Waals surface area contributed by atoms with Gasteiger partial charge in [0.25, 0.3) is 0 Å². The molecule has 3 heterocycles. The average Bonchev–Trinajstić information content (AvgIpc) is 2.85. The van der Waals surface area contributed by atoms with Crippen molar-refractivity contribution in [2.45, 2.75) is 55.7 Å². The van der Waals surface area contributed by atoms with Crippen molar-refractivity contribution in [3.63, 3.8) is 0 Å². The minimum Gasteiger partial charge on any atom is -0.390 e. The van der Waals surface area contributed by atoms with Crippen LogP contribution >= 0.6 is 0 Å². The van der Waals surface area contributed by atoms with Gasteiger partial charge in [0.1, 0.15) is 11.6 Å². The Kier molecular flexibility index (Phi) is 6.96. The smallest absolute Gasteiger partial charge is 0.243 e. The van der Waals surface area contributed by atoms with Crippen LogP contribution in [0.1, 0.15) is 31.2 Å². The van der Waals surface area contributed by atoms with Gasteiger partial charge >= 0.3 is 0 Å². The number of aromatic nitrogens is 2. The van der Waals surface area contributed by atoms with Crippen LogP contribution in [0.25, 0.3) is 11.1 Å². The lowest BCUT2D eigenvalue weighted by atomic mass is 9.92. The Balaban J connectivity index is 1.26. The van der Waals surface area contributed by atoms with Gasteiger partial charge in [-0.2, -0.15) is 4.31 Å². The summed E-state index contributed by atoms with van der Waals surface area (Å²) < 4.78 is 28.0. The molecule has 0 unspecified atom stereocenters. The third-order valence-corrected chi connectivity index (χ3v) is 9.22. The van der Waals surface area contributed by atoms with E-state index in [1.54, 1.807) is 24.5 Å². The van der Waals surface area contributed by atoms with Gasteiger partial charge in [-0.3, -0.25) is 0 Å². The molecule has 1 aliphatic carbocycles. The third kappa shape index (κ3) is 5.09. The number of benzene rings is 1. The highest BCUT2D eigenvalue weighted by Gasteiger charge is 2.35. The number of β-amino-alcohol motifs (C(OH)–C–C–N with tert-alkyl or cyclic N) is 1. The van der Waals surface area contributed by atoms with E-state index in [1.807, 2.05) is 37.3 Å². The van der Waals surface area contributed by atoms with Gasteiger partial charge in [0.2, 0.25) is 10.0 Å². The van der Waals surface area contributed by atoms with E-state index in [9.17, 15) is 13.5 Å². The average molecular weight is 508 g/mol. The van der Waals surface area contributed by atoms with Gasteiger partial charge in [-0.05, 0) is 79.6 Å². The standard InChI is InChI=1S/C27H33N5O3S/c1-19-6-11-26(29-17-19)30-24-13-15-32(18-25(24)33)36(34,35)23-9-7-20(8-10-23)21-12-14-28-27(16-21)31(2)22-4-3-5-22/h6-12,14,16-17,22,24-25,33H,3-5,13,15,18H2,1-2H3,(H,29,30)/t24-,25+/m1/s1. The van der Waals surface area contributed by atoms with Crippen LogP contribution in [0, 0.1) is 6.92 Å². The molecule has 8 nitrogen and oxygen atoms in total. The first kappa shape index (κ1) is 24.7. The molecule has 1 saturated carbocycles. The first-order valence-electron chi connectivity index (χ1n) is 12.5. The number of aryl methyl sites for hydroxylation is 1. The first-order chi connectivity index (χ1) is 17.3. The molecule has 2 atom stereocenters. The Morgan fingerprint density at radius 3 is 2.44 bits per heavy atom. The number of aliphatic hydroxyl groups excluding tert-OH is 1. The number of aliphatic hydroxyl groups is 1. The Bertz CT molecular complexity index is 1290.